The first-order valence-electron chi connectivity index (χ1n) is 6.75. The van der Waals surface area contributed by atoms with Gasteiger partial charge in [0.2, 0.25) is 0 Å². The highest BCUT2D eigenvalue weighted by atomic mass is 32.2. The van der Waals surface area contributed by atoms with E-state index in [1.165, 1.54) is 0 Å². The number of nitrogens with zero attached hydrogens (tertiary/aromatic N) is 2. The van der Waals surface area contributed by atoms with Crippen LogP contribution < -0.4 is 10.6 Å². The van der Waals surface area contributed by atoms with Crippen LogP contribution in [0.5, 0.6) is 0 Å². The number of thiophene rings is 1. The highest BCUT2D eigenvalue weighted by Crippen LogP contribution is 2.42. The highest BCUT2D eigenvalue weighted by molar-refractivity contribution is 7.91. The molecule has 2 unspecified atom stereocenters. The molecule has 6 nitrogen and oxygen atoms in total. The molecule has 0 spiro atoms. The molecule has 0 saturated carbocycles. The number of hydrogen-bond donors (Lipinski definition) is 1. The molecule has 0 radical (unpaired) electrons. The maximum absolute atomic E-state index is 12.3. The molecule has 0 bridgehead atoms. The van der Waals surface area contributed by atoms with Crippen molar-refractivity contribution < 1.29 is 13.2 Å². The molecule has 0 amide bonds. The van der Waals surface area contributed by atoms with Crippen molar-refractivity contribution in [1.82, 2.24) is 0 Å². The molecule has 2 heterocycles. The van der Waals surface area contributed by atoms with Crippen LogP contribution in [0, 0.1) is 11.3 Å². The van der Waals surface area contributed by atoms with E-state index in [9.17, 15) is 8.42 Å². The lowest BCUT2D eigenvalue weighted by molar-refractivity contribution is -0.00514. The Kier molecular flexibility index (Phi) is 4.46. The fourth-order valence-electron chi connectivity index (χ4n) is 2.50. The Balaban J connectivity index is 2.56. The van der Waals surface area contributed by atoms with E-state index in [4.69, 9.17) is 15.7 Å². The van der Waals surface area contributed by atoms with Gasteiger partial charge in [-0.1, -0.05) is 6.92 Å². The average Bonchev–Trinajstić information content (AvgIpc) is 2.75. The molecule has 0 aromatic carbocycles. The van der Waals surface area contributed by atoms with Gasteiger partial charge in [-0.15, -0.1) is 11.3 Å². The van der Waals surface area contributed by atoms with Crippen molar-refractivity contribution in [2.24, 2.45) is 0 Å². The Morgan fingerprint density at radius 2 is 2.00 bits per heavy atom. The van der Waals surface area contributed by atoms with Gasteiger partial charge in [0.05, 0.1) is 23.6 Å². The van der Waals surface area contributed by atoms with E-state index >= 15 is 0 Å². The van der Waals surface area contributed by atoms with Crippen LogP contribution in [0.15, 0.2) is 4.90 Å². The number of morpholine rings is 1. The zero-order valence-electron chi connectivity index (χ0n) is 12.3. The number of rotatable bonds is 3. The van der Waals surface area contributed by atoms with Crippen molar-refractivity contribution in [3.8, 4) is 6.07 Å². The number of nitrogens with two attached hydrogens (primary N) is 1. The largest absolute Gasteiger partial charge is 0.396 e. The van der Waals surface area contributed by atoms with Gasteiger partial charge >= 0.3 is 0 Å². The second kappa shape index (κ2) is 5.83. The SMILES string of the molecule is CCS(=O)(=O)c1c(N2CC(C)OC(C)C2)sc(C#N)c1N. The third-order valence-corrected chi connectivity index (χ3v) is 6.48. The first kappa shape index (κ1) is 16.1. The van der Waals surface area contributed by atoms with Gasteiger partial charge in [-0.25, -0.2) is 8.42 Å². The number of ether oxygens (including phenoxy) is 1. The minimum Gasteiger partial charge on any atom is -0.396 e. The molecule has 8 heteroatoms. The van der Waals surface area contributed by atoms with Gasteiger partial charge in [-0.05, 0) is 13.8 Å². The first-order chi connectivity index (χ1) is 9.80. The van der Waals surface area contributed by atoms with Crippen molar-refractivity contribution in [3.05, 3.63) is 4.88 Å². The Labute approximate surface area is 129 Å². The zero-order valence-corrected chi connectivity index (χ0v) is 13.9. The van der Waals surface area contributed by atoms with Crippen LogP contribution in [0.25, 0.3) is 0 Å². The number of hydrogen-bond acceptors (Lipinski definition) is 7. The number of sulfone groups is 1. The quantitative estimate of drug-likeness (QED) is 0.905. The van der Waals surface area contributed by atoms with E-state index < -0.39 is 9.84 Å². The average molecular weight is 329 g/mol. The summed E-state index contributed by atoms with van der Waals surface area (Å²) >= 11 is 1.14. The second-order valence-electron chi connectivity index (χ2n) is 5.16. The van der Waals surface area contributed by atoms with Gasteiger partial charge in [-0.2, -0.15) is 5.26 Å². The van der Waals surface area contributed by atoms with Gasteiger partial charge in [0.15, 0.2) is 9.84 Å². The Bertz CT molecular complexity index is 666. The van der Waals surface area contributed by atoms with Crippen LogP contribution in [-0.4, -0.2) is 39.5 Å². The molecular formula is C13H19N3O3S2. The van der Waals surface area contributed by atoms with E-state index in [2.05, 4.69) is 0 Å². The molecule has 2 rings (SSSR count). The summed E-state index contributed by atoms with van der Waals surface area (Å²) in [6.07, 6.45) is -0.000387. The Hall–Kier alpha value is -1.30. The van der Waals surface area contributed by atoms with Crippen molar-refractivity contribution in [2.75, 3.05) is 29.5 Å². The van der Waals surface area contributed by atoms with Crippen molar-refractivity contribution >= 4 is 31.9 Å². The molecule has 1 aromatic rings. The van der Waals surface area contributed by atoms with Gasteiger partial charge in [-0.3, -0.25) is 0 Å². The molecule has 1 aliphatic heterocycles. The molecule has 116 valence electrons. The van der Waals surface area contributed by atoms with Crippen LogP contribution >= 0.6 is 11.3 Å². The van der Waals surface area contributed by atoms with E-state index in [-0.39, 0.29) is 33.4 Å². The van der Waals surface area contributed by atoms with Crippen LogP contribution in [0.3, 0.4) is 0 Å². The molecule has 1 aliphatic rings. The van der Waals surface area contributed by atoms with E-state index in [0.717, 1.165) is 11.3 Å². The van der Waals surface area contributed by atoms with Crippen molar-refractivity contribution in [1.29, 1.82) is 5.26 Å². The molecule has 1 aromatic heterocycles. The maximum atomic E-state index is 12.3. The smallest absolute Gasteiger partial charge is 0.183 e. The summed E-state index contributed by atoms with van der Waals surface area (Å²) in [5.41, 5.74) is 5.98. The van der Waals surface area contributed by atoms with Crippen molar-refractivity contribution in [2.45, 2.75) is 37.9 Å². The summed E-state index contributed by atoms with van der Waals surface area (Å²) in [7, 11) is -3.48. The Morgan fingerprint density at radius 1 is 1.43 bits per heavy atom. The first-order valence-corrected chi connectivity index (χ1v) is 9.22. The van der Waals surface area contributed by atoms with Crippen LogP contribution in [0.4, 0.5) is 10.7 Å². The fourth-order valence-corrected chi connectivity index (χ4v) is 5.12. The predicted octanol–water partition coefficient (Wildman–Crippen LogP) is 1.61. The number of nitriles is 1. The van der Waals surface area contributed by atoms with E-state index in [0.29, 0.717) is 18.1 Å². The standard InChI is InChI=1S/C13H19N3O3S2/c1-4-21(17,18)12-11(15)10(5-14)20-13(12)16-6-8(2)19-9(3)7-16/h8-9H,4,6-7,15H2,1-3H3. The third kappa shape index (κ3) is 3.00. The lowest BCUT2D eigenvalue weighted by Gasteiger charge is -2.36. The molecular weight excluding hydrogens is 310 g/mol. The van der Waals surface area contributed by atoms with Crippen LogP contribution in [-0.2, 0) is 14.6 Å². The van der Waals surface area contributed by atoms with Gasteiger partial charge < -0.3 is 15.4 Å². The molecule has 1 saturated heterocycles. The number of nitrogen functional groups attached to an aromatic ring is 1. The summed E-state index contributed by atoms with van der Waals surface area (Å²) in [5, 5.41) is 9.70. The Morgan fingerprint density at radius 3 is 2.48 bits per heavy atom. The molecule has 2 atom stereocenters. The van der Waals surface area contributed by atoms with Gasteiger partial charge in [0, 0.05) is 13.1 Å². The summed E-state index contributed by atoms with van der Waals surface area (Å²) in [6, 6.07) is 1.98. The third-order valence-electron chi connectivity index (χ3n) is 3.38. The normalized spacial score (nSPS) is 23.0. The number of anilines is 2. The predicted molar refractivity (Wildman–Crippen MR) is 83.4 cm³/mol. The van der Waals surface area contributed by atoms with Crippen LogP contribution in [0.2, 0.25) is 0 Å². The van der Waals surface area contributed by atoms with Crippen LogP contribution in [0.1, 0.15) is 25.6 Å². The minimum absolute atomic E-state index is 0.000194. The summed E-state index contributed by atoms with van der Waals surface area (Å²) < 4.78 is 30.3. The molecule has 0 aliphatic carbocycles. The molecule has 21 heavy (non-hydrogen) atoms. The van der Waals surface area contributed by atoms with E-state index in [1.807, 2.05) is 24.8 Å². The van der Waals surface area contributed by atoms with Crippen molar-refractivity contribution in [3.63, 3.8) is 0 Å². The summed E-state index contributed by atoms with van der Waals surface area (Å²) in [4.78, 5) is 2.32. The molecule has 2 N–H and O–H groups in total. The lowest BCUT2D eigenvalue weighted by Crippen LogP contribution is -2.45. The minimum atomic E-state index is -3.48. The summed E-state index contributed by atoms with van der Waals surface area (Å²) in [5.74, 6) is -0.0404. The zero-order chi connectivity index (χ0) is 15.8. The molecule has 1 fully saturated rings. The fraction of sp³-hybridized carbons (Fsp3) is 0.615. The lowest BCUT2D eigenvalue weighted by atomic mass is 10.2. The monoisotopic (exact) mass is 329 g/mol. The maximum Gasteiger partial charge on any atom is 0.183 e. The van der Waals surface area contributed by atoms with Gasteiger partial charge in [0.25, 0.3) is 0 Å². The highest BCUT2D eigenvalue weighted by Gasteiger charge is 2.32. The topological polar surface area (TPSA) is 96.4 Å². The second-order valence-corrected chi connectivity index (χ2v) is 8.37. The summed E-state index contributed by atoms with van der Waals surface area (Å²) in [6.45, 7) is 6.63. The van der Waals surface area contributed by atoms with Gasteiger partial charge in [0.1, 0.15) is 20.8 Å². The van der Waals surface area contributed by atoms with E-state index in [1.54, 1.807) is 6.92 Å².